The number of carbonyl (C=O) groups excluding carboxylic acids is 2. The number of tetrazole rings is 1. The van der Waals surface area contributed by atoms with E-state index in [1.165, 1.54) is 30.1 Å². The zero-order chi connectivity index (χ0) is 15.0. The Bertz CT molecular complexity index is 734. The lowest BCUT2D eigenvalue weighted by Crippen LogP contribution is -2.31. The van der Waals surface area contributed by atoms with Gasteiger partial charge in [0, 0.05) is 4.88 Å². The molecule has 0 saturated heterocycles. The molecule has 0 radical (unpaired) electrons. The van der Waals surface area contributed by atoms with E-state index in [0.717, 1.165) is 4.88 Å². The summed E-state index contributed by atoms with van der Waals surface area (Å²) in [5.41, 5.74) is 0.356. The summed E-state index contributed by atoms with van der Waals surface area (Å²) in [6, 6.07) is 3.19. The highest BCUT2D eigenvalue weighted by molar-refractivity contribution is 7.10. The van der Waals surface area contributed by atoms with Gasteiger partial charge in [-0.1, -0.05) is 11.2 Å². The molecular formula is C12H11N5O3S. The highest BCUT2D eigenvalue weighted by atomic mass is 32.1. The molecule has 2 aromatic heterocycles. The van der Waals surface area contributed by atoms with E-state index in [2.05, 4.69) is 20.8 Å². The highest BCUT2D eigenvalue weighted by Gasteiger charge is 2.37. The average molecular weight is 305 g/mol. The standard InChI is InChI=1S/C12H11N5O3S/c1-6(18)8-9(11(19)20-2)13-12-14-15-16-17(12)10(8)7-4-3-5-21-7/h3-5,10H,1-2H3,(H,13,14,16)/t10-/m1/s1. The third-order valence-corrected chi connectivity index (χ3v) is 4.02. The minimum Gasteiger partial charge on any atom is -0.464 e. The molecule has 0 saturated carbocycles. The highest BCUT2D eigenvalue weighted by Crippen LogP contribution is 2.36. The number of hydrogen-bond acceptors (Lipinski definition) is 8. The van der Waals surface area contributed by atoms with Gasteiger partial charge in [-0.15, -0.1) is 11.3 Å². The summed E-state index contributed by atoms with van der Waals surface area (Å²) < 4.78 is 6.22. The van der Waals surface area contributed by atoms with Gasteiger partial charge in [0.15, 0.2) is 5.78 Å². The second kappa shape index (κ2) is 5.09. The molecule has 3 rings (SSSR count). The molecule has 1 atom stereocenters. The van der Waals surface area contributed by atoms with E-state index in [-0.39, 0.29) is 17.1 Å². The van der Waals surface area contributed by atoms with Gasteiger partial charge in [-0.3, -0.25) is 4.79 Å². The molecule has 0 aliphatic carbocycles. The number of hydrogen-bond donors (Lipinski definition) is 1. The SMILES string of the molecule is COC(=O)C1=C(C(C)=O)[C@@H](c2cccs2)n2nnnc2N1. The lowest BCUT2D eigenvalue weighted by Gasteiger charge is -2.26. The molecule has 9 heteroatoms. The van der Waals surface area contributed by atoms with Gasteiger partial charge in [0.05, 0.1) is 12.7 Å². The quantitative estimate of drug-likeness (QED) is 0.836. The van der Waals surface area contributed by atoms with E-state index in [1.54, 1.807) is 0 Å². The number of thiophene rings is 1. The van der Waals surface area contributed by atoms with Gasteiger partial charge in [-0.25, -0.2) is 4.79 Å². The van der Waals surface area contributed by atoms with Crippen LogP contribution in [-0.4, -0.2) is 39.1 Å². The summed E-state index contributed by atoms with van der Waals surface area (Å²) in [6.45, 7) is 1.40. The van der Waals surface area contributed by atoms with Crippen molar-refractivity contribution in [2.45, 2.75) is 13.0 Å². The topological polar surface area (TPSA) is 99.0 Å². The van der Waals surface area contributed by atoms with Crippen LogP contribution in [0.5, 0.6) is 0 Å². The van der Waals surface area contributed by atoms with Gasteiger partial charge in [0.2, 0.25) is 5.95 Å². The molecule has 8 nitrogen and oxygen atoms in total. The normalized spacial score (nSPS) is 17.1. The van der Waals surface area contributed by atoms with E-state index >= 15 is 0 Å². The number of fused-ring (bicyclic) bond motifs is 1. The van der Waals surface area contributed by atoms with E-state index in [0.29, 0.717) is 5.95 Å². The largest absolute Gasteiger partial charge is 0.464 e. The Kier molecular flexibility index (Phi) is 3.26. The van der Waals surface area contributed by atoms with Crippen LogP contribution in [0.1, 0.15) is 17.8 Å². The van der Waals surface area contributed by atoms with Crippen LogP contribution in [0.4, 0.5) is 5.95 Å². The van der Waals surface area contributed by atoms with Gasteiger partial charge in [-0.05, 0) is 28.8 Å². The van der Waals surface area contributed by atoms with Crippen molar-refractivity contribution < 1.29 is 14.3 Å². The molecule has 1 N–H and O–H groups in total. The number of rotatable bonds is 3. The smallest absolute Gasteiger partial charge is 0.355 e. The second-order valence-corrected chi connectivity index (χ2v) is 5.31. The molecule has 0 amide bonds. The molecular weight excluding hydrogens is 294 g/mol. The van der Waals surface area contributed by atoms with E-state index in [4.69, 9.17) is 4.74 Å². The monoisotopic (exact) mass is 305 g/mol. The Morgan fingerprint density at radius 2 is 2.29 bits per heavy atom. The number of allylic oxidation sites excluding steroid dienone is 1. The average Bonchev–Trinajstić information content (AvgIpc) is 3.14. The van der Waals surface area contributed by atoms with Crippen molar-refractivity contribution in [1.82, 2.24) is 20.2 Å². The molecule has 0 spiro atoms. The Labute approximate surface area is 123 Å². The van der Waals surface area contributed by atoms with E-state index in [9.17, 15) is 9.59 Å². The molecule has 3 heterocycles. The number of carbonyl (C=O) groups is 2. The summed E-state index contributed by atoms with van der Waals surface area (Å²) in [5.74, 6) is -0.586. The maximum Gasteiger partial charge on any atom is 0.355 e. The molecule has 0 fully saturated rings. The number of nitrogens with one attached hydrogen (secondary N) is 1. The number of anilines is 1. The third kappa shape index (κ3) is 2.11. The molecule has 1 aliphatic heterocycles. The molecule has 0 unspecified atom stereocenters. The fourth-order valence-corrected chi connectivity index (χ4v) is 3.05. The van der Waals surface area contributed by atoms with Crippen molar-refractivity contribution >= 4 is 29.0 Å². The van der Waals surface area contributed by atoms with Crippen molar-refractivity contribution in [1.29, 1.82) is 0 Å². The van der Waals surface area contributed by atoms with Gasteiger partial charge in [0.1, 0.15) is 11.7 Å². The minimum atomic E-state index is -0.629. The van der Waals surface area contributed by atoms with Gasteiger partial charge in [0.25, 0.3) is 0 Å². The predicted molar refractivity (Wildman–Crippen MR) is 73.6 cm³/mol. The number of ether oxygens (including phenoxy) is 1. The fourth-order valence-electron chi connectivity index (χ4n) is 2.23. The molecule has 0 bridgehead atoms. The summed E-state index contributed by atoms with van der Waals surface area (Å²) in [7, 11) is 1.26. The molecule has 1 aliphatic rings. The van der Waals surface area contributed by atoms with Crippen LogP contribution in [0.2, 0.25) is 0 Å². The van der Waals surface area contributed by atoms with Crippen molar-refractivity contribution in [3.05, 3.63) is 33.7 Å². The lowest BCUT2D eigenvalue weighted by atomic mass is 9.98. The first-order valence-corrected chi connectivity index (χ1v) is 6.93. The number of Topliss-reactive ketones (excluding diaryl/α,β-unsaturated/α-hetero) is 1. The summed E-state index contributed by atoms with van der Waals surface area (Å²) in [4.78, 5) is 24.9. The van der Waals surface area contributed by atoms with Crippen LogP contribution < -0.4 is 5.32 Å². The lowest BCUT2D eigenvalue weighted by molar-refractivity contribution is -0.136. The van der Waals surface area contributed by atoms with Crippen molar-refractivity contribution in [3.63, 3.8) is 0 Å². The van der Waals surface area contributed by atoms with Gasteiger partial charge in [-0.2, -0.15) is 4.68 Å². The number of esters is 1. The Balaban J connectivity index is 2.24. The first-order valence-electron chi connectivity index (χ1n) is 6.05. The van der Waals surface area contributed by atoms with Gasteiger partial charge >= 0.3 is 5.97 Å². The van der Waals surface area contributed by atoms with Gasteiger partial charge < -0.3 is 10.1 Å². The number of nitrogens with zero attached hydrogens (tertiary/aromatic N) is 4. The number of methoxy groups -OCH3 is 1. The van der Waals surface area contributed by atoms with Crippen LogP contribution >= 0.6 is 11.3 Å². The van der Waals surface area contributed by atoms with E-state index < -0.39 is 12.0 Å². The molecule has 21 heavy (non-hydrogen) atoms. The fraction of sp³-hybridized carbons (Fsp3) is 0.250. The zero-order valence-corrected chi connectivity index (χ0v) is 12.0. The maximum atomic E-state index is 12.1. The molecule has 2 aromatic rings. The first-order chi connectivity index (χ1) is 10.1. The third-order valence-electron chi connectivity index (χ3n) is 3.10. The number of ketones is 1. The van der Waals surface area contributed by atoms with Crippen molar-refractivity contribution in [2.75, 3.05) is 12.4 Å². The minimum absolute atomic E-state index is 0.0747. The Hall–Kier alpha value is -2.55. The number of aromatic nitrogens is 4. The summed E-state index contributed by atoms with van der Waals surface area (Å²) in [6.07, 6.45) is 0. The Morgan fingerprint density at radius 3 is 2.90 bits per heavy atom. The van der Waals surface area contributed by atoms with Crippen molar-refractivity contribution in [3.8, 4) is 0 Å². The van der Waals surface area contributed by atoms with Crippen LogP contribution in [0.15, 0.2) is 28.8 Å². The maximum absolute atomic E-state index is 12.1. The van der Waals surface area contributed by atoms with Crippen molar-refractivity contribution in [2.24, 2.45) is 0 Å². The predicted octanol–water partition coefficient (Wildman–Crippen LogP) is 0.766. The summed E-state index contributed by atoms with van der Waals surface area (Å²) in [5, 5.41) is 16.0. The van der Waals surface area contributed by atoms with Crippen LogP contribution in [0.3, 0.4) is 0 Å². The zero-order valence-electron chi connectivity index (χ0n) is 11.2. The molecule has 108 valence electrons. The summed E-state index contributed by atoms with van der Waals surface area (Å²) >= 11 is 1.46. The second-order valence-electron chi connectivity index (χ2n) is 4.33. The molecule has 0 aromatic carbocycles. The Morgan fingerprint density at radius 1 is 1.48 bits per heavy atom. The van der Waals surface area contributed by atoms with Crippen LogP contribution in [0.25, 0.3) is 0 Å². The van der Waals surface area contributed by atoms with Crippen LogP contribution in [0, 0.1) is 0 Å². The first kappa shape index (κ1) is 13.4. The van der Waals surface area contributed by atoms with E-state index in [1.807, 2.05) is 17.5 Å². The van der Waals surface area contributed by atoms with Crippen LogP contribution in [-0.2, 0) is 14.3 Å².